The largest absolute Gasteiger partial charge is 0.438 e. The maximum absolute atomic E-state index is 13.2. The quantitative estimate of drug-likeness (QED) is 0.299. The fourth-order valence-corrected chi connectivity index (χ4v) is 5.36. The van der Waals surface area contributed by atoms with E-state index in [0.717, 1.165) is 6.33 Å². The van der Waals surface area contributed by atoms with Crippen LogP contribution in [0.2, 0.25) is 0 Å². The first-order valence-corrected chi connectivity index (χ1v) is 13.0. The Hall–Kier alpha value is -4.12. The van der Waals surface area contributed by atoms with Gasteiger partial charge in [0, 0.05) is 29.5 Å². The fraction of sp³-hybridized carbons (Fsp3) is 0.367. The zero-order chi connectivity index (χ0) is 29.8. The number of nitrogens with zero attached hydrogens (tertiary/aromatic N) is 2. The Morgan fingerprint density at radius 3 is 2.27 bits per heavy atom. The number of alkyl carbamates (subject to hydrolysis) is 1. The molecule has 1 amide bonds. The van der Waals surface area contributed by atoms with Crippen LogP contribution in [-0.4, -0.2) is 38.1 Å². The van der Waals surface area contributed by atoms with E-state index in [1.807, 2.05) is 20.8 Å². The molecule has 2 aromatic carbocycles. The van der Waals surface area contributed by atoms with Crippen molar-refractivity contribution < 1.29 is 32.2 Å². The molecule has 4 aromatic rings. The zero-order valence-electron chi connectivity index (χ0n) is 23.0. The smallest absolute Gasteiger partial charge is 0.408 e. The number of halogens is 3. The van der Waals surface area contributed by atoms with E-state index in [-0.39, 0.29) is 29.7 Å². The molecule has 1 aliphatic rings. The van der Waals surface area contributed by atoms with Crippen molar-refractivity contribution in [1.82, 2.24) is 14.9 Å². The minimum Gasteiger partial charge on any atom is -0.438 e. The first kappa shape index (κ1) is 28.4. The van der Waals surface area contributed by atoms with Crippen LogP contribution in [0.1, 0.15) is 46.1 Å². The minimum absolute atomic E-state index is 0.0595. The van der Waals surface area contributed by atoms with E-state index in [2.05, 4.69) is 10.3 Å². The standard InChI is InChI=1S/C30H30F3N3O5/c1-27(2,3)35-26(38)41-29(14-28(4,39)15-29)20-12-10-19(11-13-20)23-21(18-8-6-5-7-9-18)22-24(40-23)34-17-36(25(22)37)16-30(31,32)33/h5-13,17,39H,14-16H2,1-4H3,(H,35,38). The Balaban J connectivity index is 1.58. The average molecular weight is 570 g/mol. The van der Waals surface area contributed by atoms with Gasteiger partial charge in [-0.3, -0.25) is 9.36 Å². The number of furan rings is 1. The Kier molecular flexibility index (Phi) is 6.76. The number of aromatic nitrogens is 2. The normalized spacial score (nSPS) is 21.0. The van der Waals surface area contributed by atoms with Crippen molar-refractivity contribution in [1.29, 1.82) is 0 Å². The number of amides is 1. The van der Waals surface area contributed by atoms with E-state index >= 15 is 0 Å². The van der Waals surface area contributed by atoms with Crippen LogP contribution in [0.25, 0.3) is 33.6 Å². The lowest BCUT2D eigenvalue weighted by atomic mass is 9.65. The summed E-state index contributed by atoms with van der Waals surface area (Å²) < 4.78 is 51.7. The number of alkyl halides is 3. The van der Waals surface area contributed by atoms with Crippen molar-refractivity contribution in [2.45, 2.75) is 70.0 Å². The highest BCUT2D eigenvalue weighted by atomic mass is 19.4. The predicted octanol–water partition coefficient (Wildman–Crippen LogP) is 6.15. The third-order valence-electron chi connectivity index (χ3n) is 6.86. The number of hydrogen-bond acceptors (Lipinski definition) is 6. The highest BCUT2D eigenvalue weighted by Gasteiger charge is 2.55. The third-order valence-corrected chi connectivity index (χ3v) is 6.86. The number of fused-ring (bicyclic) bond motifs is 1. The summed E-state index contributed by atoms with van der Waals surface area (Å²) in [6.07, 6.45) is -4.00. The molecule has 0 aliphatic heterocycles. The van der Waals surface area contributed by atoms with Gasteiger partial charge >= 0.3 is 12.3 Å². The number of hydrogen-bond donors (Lipinski definition) is 2. The van der Waals surface area contributed by atoms with Crippen LogP contribution in [0, 0.1) is 0 Å². The zero-order valence-corrected chi connectivity index (χ0v) is 23.0. The van der Waals surface area contributed by atoms with Gasteiger partial charge in [0.05, 0.1) is 5.60 Å². The molecule has 2 N–H and O–H groups in total. The second-order valence-corrected chi connectivity index (χ2v) is 11.8. The molecule has 216 valence electrons. The molecule has 2 heterocycles. The number of nitrogens with one attached hydrogen (secondary N) is 1. The Labute approximate surface area is 233 Å². The fourth-order valence-electron chi connectivity index (χ4n) is 5.36. The predicted molar refractivity (Wildman–Crippen MR) is 146 cm³/mol. The average Bonchev–Trinajstić information content (AvgIpc) is 3.23. The minimum atomic E-state index is -4.61. The van der Waals surface area contributed by atoms with Crippen LogP contribution < -0.4 is 10.9 Å². The summed E-state index contributed by atoms with van der Waals surface area (Å²) in [5.74, 6) is 0.258. The van der Waals surface area contributed by atoms with Crippen molar-refractivity contribution in [3.63, 3.8) is 0 Å². The summed E-state index contributed by atoms with van der Waals surface area (Å²) >= 11 is 0. The van der Waals surface area contributed by atoms with Gasteiger partial charge in [-0.2, -0.15) is 13.2 Å². The molecule has 11 heteroatoms. The molecule has 1 aliphatic carbocycles. The molecule has 0 radical (unpaired) electrons. The highest BCUT2D eigenvalue weighted by Crippen LogP contribution is 2.51. The summed E-state index contributed by atoms with van der Waals surface area (Å²) in [7, 11) is 0. The maximum atomic E-state index is 13.2. The summed E-state index contributed by atoms with van der Waals surface area (Å²) in [6, 6.07) is 15.7. The molecule has 0 unspecified atom stereocenters. The summed E-state index contributed by atoms with van der Waals surface area (Å²) in [6.45, 7) is 5.68. The Morgan fingerprint density at radius 1 is 1.07 bits per heavy atom. The van der Waals surface area contributed by atoms with Crippen molar-refractivity contribution >= 4 is 17.2 Å². The maximum Gasteiger partial charge on any atom is 0.408 e. The van der Waals surface area contributed by atoms with Crippen LogP contribution in [0.4, 0.5) is 18.0 Å². The lowest BCUT2D eigenvalue weighted by molar-refractivity contribution is -0.177. The van der Waals surface area contributed by atoms with Gasteiger partial charge in [0.15, 0.2) is 0 Å². The van der Waals surface area contributed by atoms with Crippen molar-refractivity contribution in [2.75, 3.05) is 0 Å². The van der Waals surface area contributed by atoms with Gasteiger partial charge in [-0.1, -0.05) is 54.6 Å². The molecule has 0 atom stereocenters. The number of benzene rings is 2. The van der Waals surface area contributed by atoms with E-state index < -0.39 is 41.1 Å². The monoisotopic (exact) mass is 569 g/mol. The number of aliphatic hydroxyl groups is 1. The van der Waals surface area contributed by atoms with E-state index in [1.54, 1.807) is 61.5 Å². The van der Waals surface area contributed by atoms with E-state index in [0.29, 0.717) is 26.8 Å². The molecule has 41 heavy (non-hydrogen) atoms. The van der Waals surface area contributed by atoms with E-state index in [9.17, 15) is 27.9 Å². The molecule has 1 fully saturated rings. The Bertz CT molecular complexity index is 1640. The number of ether oxygens (including phenoxy) is 1. The van der Waals surface area contributed by atoms with Crippen molar-refractivity contribution in [3.8, 4) is 22.5 Å². The number of carbonyl (C=O) groups is 1. The van der Waals surface area contributed by atoms with Gasteiger partial charge in [-0.15, -0.1) is 0 Å². The second kappa shape index (κ2) is 9.76. The van der Waals surface area contributed by atoms with Crippen molar-refractivity contribution in [2.24, 2.45) is 0 Å². The van der Waals surface area contributed by atoms with Gasteiger partial charge < -0.3 is 19.6 Å². The van der Waals surface area contributed by atoms with Gasteiger partial charge in [0.2, 0.25) is 5.71 Å². The van der Waals surface area contributed by atoms with Crippen LogP contribution in [0.5, 0.6) is 0 Å². The molecule has 0 bridgehead atoms. The number of rotatable bonds is 5. The van der Waals surface area contributed by atoms with Crippen LogP contribution in [-0.2, 0) is 16.9 Å². The topological polar surface area (TPSA) is 107 Å². The Morgan fingerprint density at radius 2 is 1.71 bits per heavy atom. The van der Waals surface area contributed by atoms with Crippen molar-refractivity contribution in [3.05, 3.63) is 76.8 Å². The van der Waals surface area contributed by atoms with Gasteiger partial charge in [-0.05, 0) is 38.8 Å². The molecule has 2 aromatic heterocycles. The van der Waals surface area contributed by atoms with Crippen LogP contribution in [0.15, 0.2) is 70.1 Å². The first-order valence-electron chi connectivity index (χ1n) is 13.0. The second-order valence-electron chi connectivity index (χ2n) is 11.8. The van der Waals surface area contributed by atoms with Crippen LogP contribution in [0.3, 0.4) is 0 Å². The summed E-state index contributed by atoms with van der Waals surface area (Å²) in [4.78, 5) is 29.9. The van der Waals surface area contributed by atoms with Gasteiger partial charge in [0.1, 0.15) is 29.6 Å². The van der Waals surface area contributed by atoms with Crippen LogP contribution >= 0.6 is 0 Å². The SMILES string of the molecule is CC1(O)CC(OC(=O)NC(C)(C)C)(c2ccc(-c3oc4ncn(CC(F)(F)F)c(=O)c4c3-c3ccccc3)cc2)C1. The lowest BCUT2D eigenvalue weighted by Gasteiger charge is -2.51. The molecule has 1 saturated carbocycles. The third kappa shape index (κ3) is 5.85. The number of carbonyl (C=O) groups excluding carboxylic acids is 1. The molecule has 0 spiro atoms. The highest BCUT2D eigenvalue weighted by molar-refractivity contribution is 5.99. The molecule has 5 rings (SSSR count). The molecule has 8 nitrogen and oxygen atoms in total. The molecular weight excluding hydrogens is 539 g/mol. The first-order chi connectivity index (χ1) is 19.1. The summed E-state index contributed by atoms with van der Waals surface area (Å²) in [5.41, 5.74) is -1.45. The van der Waals surface area contributed by atoms with E-state index in [4.69, 9.17) is 9.15 Å². The molecular formula is C30H30F3N3O5. The molecule has 0 saturated heterocycles. The lowest BCUT2D eigenvalue weighted by Crippen LogP contribution is -2.57. The van der Waals surface area contributed by atoms with Gasteiger partial charge in [0.25, 0.3) is 5.56 Å². The van der Waals surface area contributed by atoms with E-state index in [1.165, 1.54) is 0 Å². The summed E-state index contributed by atoms with van der Waals surface area (Å²) in [5, 5.41) is 13.2. The van der Waals surface area contributed by atoms with Gasteiger partial charge in [-0.25, -0.2) is 9.78 Å².